The molecule has 1 aliphatic heterocycles. The van der Waals surface area contributed by atoms with Gasteiger partial charge in [-0.3, -0.25) is 0 Å². The fourth-order valence-corrected chi connectivity index (χ4v) is 3.08. The summed E-state index contributed by atoms with van der Waals surface area (Å²) in [6, 6.07) is 2.01. The quantitative estimate of drug-likeness (QED) is 0.498. The van der Waals surface area contributed by atoms with Crippen LogP contribution in [-0.2, 0) is 0 Å². The molecule has 0 atom stereocenters. The molecule has 82 valence electrons. The van der Waals surface area contributed by atoms with Crippen LogP contribution in [0.1, 0.15) is 12.8 Å². The molecule has 0 amide bonds. The molecule has 15 heavy (non-hydrogen) atoms. The Morgan fingerprint density at radius 3 is 2.93 bits per heavy atom. The van der Waals surface area contributed by atoms with Crippen LogP contribution in [0.4, 0.5) is 0 Å². The summed E-state index contributed by atoms with van der Waals surface area (Å²) in [6.45, 7) is 2.27. The van der Waals surface area contributed by atoms with Gasteiger partial charge in [0.2, 0.25) is 0 Å². The molecule has 5 heteroatoms. The van der Waals surface area contributed by atoms with Crippen LogP contribution >= 0.6 is 23.5 Å². The van der Waals surface area contributed by atoms with E-state index in [1.54, 1.807) is 11.8 Å². The summed E-state index contributed by atoms with van der Waals surface area (Å²) in [5.41, 5.74) is 0. The van der Waals surface area contributed by atoms with Crippen molar-refractivity contribution in [2.24, 2.45) is 0 Å². The highest BCUT2D eigenvalue weighted by Crippen LogP contribution is 2.27. The molecule has 1 aromatic heterocycles. The van der Waals surface area contributed by atoms with Crippen molar-refractivity contribution in [2.45, 2.75) is 28.3 Å². The maximum absolute atomic E-state index is 4.48. The summed E-state index contributed by atoms with van der Waals surface area (Å²) >= 11 is 3.49. The van der Waals surface area contributed by atoms with Gasteiger partial charge >= 0.3 is 0 Å². The van der Waals surface area contributed by atoms with Gasteiger partial charge in [0.15, 0.2) is 5.16 Å². The molecular weight excluding hydrogens is 226 g/mol. The molecule has 0 aromatic carbocycles. The van der Waals surface area contributed by atoms with Crippen LogP contribution in [0.5, 0.6) is 0 Å². The van der Waals surface area contributed by atoms with E-state index in [1.165, 1.54) is 12.8 Å². The summed E-state index contributed by atoms with van der Waals surface area (Å²) in [6.07, 6.45) is 6.34. The molecule has 0 spiro atoms. The minimum Gasteiger partial charge on any atom is -0.317 e. The highest BCUT2D eigenvalue weighted by atomic mass is 32.2. The van der Waals surface area contributed by atoms with Gasteiger partial charge in [0.1, 0.15) is 5.03 Å². The maximum Gasteiger partial charge on any atom is 0.188 e. The number of thioether (sulfide) groups is 2. The molecule has 2 heterocycles. The van der Waals surface area contributed by atoms with Gasteiger partial charge in [-0.2, -0.15) is 0 Å². The Bertz CT molecular complexity index is 313. The molecule has 1 saturated heterocycles. The summed E-state index contributed by atoms with van der Waals surface area (Å²) in [4.78, 5) is 8.66. The molecule has 0 saturated carbocycles. The first-order chi connectivity index (χ1) is 7.38. The molecule has 1 fully saturated rings. The Kier molecular flexibility index (Phi) is 4.29. The first kappa shape index (κ1) is 11.2. The maximum atomic E-state index is 4.48. The summed E-state index contributed by atoms with van der Waals surface area (Å²) in [7, 11) is 0. The second-order valence-corrected chi connectivity index (χ2v) is 5.54. The van der Waals surface area contributed by atoms with Crippen LogP contribution < -0.4 is 5.32 Å². The second-order valence-electron chi connectivity index (χ2n) is 3.45. The Hall–Kier alpha value is -0.260. The number of nitrogens with one attached hydrogen (secondary N) is 1. The van der Waals surface area contributed by atoms with Crippen molar-refractivity contribution in [3.8, 4) is 0 Å². The van der Waals surface area contributed by atoms with Crippen molar-refractivity contribution < 1.29 is 0 Å². The molecule has 0 radical (unpaired) electrons. The van der Waals surface area contributed by atoms with Crippen LogP contribution in [0.25, 0.3) is 0 Å². The number of piperidine rings is 1. The number of rotatable bonds is 3. The monoisotopic (exact) mass is 241 g/mol. The van der Waals surface area contributed by atoms with E-state index in [9.17, 15) is 0 Å². The molecule has 0 bridgehead atoms. The molecule has 2 rings (SSSR count). The lowest BCUT2D eigenvalue weighted by atomic mass is 10.2. The lowest BCUT2D eigenvalue weighted by Gasteiger charge is -2.21. The van der Waals surface area contributed by atoms with Crippen LogP contribution in [0.2, 0.25) is 0 Å². The van der Waals surface area contributed by atoms with Gasteiger partial charge in [-0.15, -0.1) is 11.8 Å². The average molecular weight is 241 g/mol. The molecule has 3 nitrogen and oxygen atoms in total. The second kappa shape index (κ2) is 5.72. The van der Waals surface area contributed by atoms with Crippen LogP contribution in [0.3, 0.4) is 0 Å². The fraction of sp³-hybridized carbons (Fsp3) is 0.600. The van der Waals surface area contributed by atoms with Crippen molar-refractivity contribution in [3.63, 3.8) is 0 Å². The summed E-state index contributed by atoms with van der Waals surface area (Å²) in [5.74, 6) is 0. The lowest BCUT2D eigenvalue weighted by Crippen LogP contribution is -2.29. The van der Waals surface area contributed by atoms with E-state index in [4.69, 9.17) is 0 Å². The number of hydrogen-bond donors (Lipinski definition) is 1. The molecular formula is C10H15N3S2. The number of aromatic nitrogens is 2. The van der Waals surface area contributed by atoms with Crippen molar-refractivity contribution in [1.29, 1.82) is 0 Å². The van der Waals surface area contributed by atoms with E-state index >= 15 is 0 Å². The van der Waals surface area contributed by atoms with Gasteiger partial charge in [0.25, 0.3) is 0 Å². The largest absolute Gasteiger partial charge is 0.317 e. The van der Waals surface area contributed by atoms with Gasteiger partial charge in [0, 0.05) is 11.4 Å². The highest BCUT2D eigenvalue weighted by Gasteiger charge is 2.14. The fourth-order valence-electron chi connectivity index (χ4n) is 1.57. The smallest absolute Gasteiger partial charge is 0.188 e. The third kappa shape index (κ3) is 3.36. The average Bonchev–Trinajstić information content (AvgIpc) is 2.31. The lowest BCUT2D eigenvalue weighted by molar-refractivity contribution is 0.531. The highest BCUT2D eigenvalue weighted by molar-refractivity contribution is 8.00. The van der Waals surface area contributed by atoms with Crippen molar-refractivity contribution in [2.75, 3.05) is 19.3 Å². The van der Waals surface area contributed by atoms with Crippen molar-refractivity contribution in [1.82, 2.24) is 15.3 Å². The number of nitrogens with zero attached hydrogens (tertiary/aromatic N) is 2. The standard InChI is InChI=1S/C10H15N3S2/c1-14-10-12-7-4-9(13-10)15-8-2-5-11-6-3-8/h4,7-8,11H,2-3,5-6H2,1H3. The van der Waals surface area contributed by atoms with Gasteiger partial charge in [-0.25, -0.2) is 9.97 Å². The first-order valence-corrected chi connectivity index (χ1v) is 7.23. The van der Waals surface area contributed by atoms with E-state index in [0.717, 1.165) is 28.5 Å². The van der Waals surface area contributed by atoms with Gasteiger partial charge in [-0.05, 0) is 38.3 Å². The summed E-state index contributed by atoms with van der Waals surface area (Å²) in [5, 5.41) is 6.07. The van der Waals surface area contributed by atoms with Gasteiger partial charge in [0.05, 0.1) is 0 Å². The molecule has 1 aliphatic rings. The topological polar surface area (TPSA) is 37.8 Å². The molecule has 1 N–H and O–H groups in total. The minimum atomic E-state index is 0.718. The Labute approximate surface area is 98.9 Å². The predicted octanol–water partition coefficient (Wildman–Crippen LogP) is 2.04. The first-order valence-electron chi connectivity index (χ1n) is 5.13. The number of hydrogen-bond acceptors (Lipinski definition) is 5. The predicted molar refractivity (Wildman–Crippen MR) is 65.6 cm³/mol. The van der Waals surface area contributed by atoms with E-state index in [1.807, 2.05) is 30.3 Å². The zero-order valence-electron chi connectivity index (χ0n) is 8.77. The normalized spacial score (nSPS) is 17.9. The Morgan fingerprint density at radius 1 is 1.40 bits per heavy atom. The van der Waals surface area contributed by atoms with E-state index in [0.29, 0.717) is 0 Å². The van der Waals surface area contributed by atoms with Crippen molar-refractivity contribution in [3.05, 3.63) is 12.3 Å². The SMILES string of the molecule is CSc1nccc(SC2CCNCC2)n1. The van der Waals surface area contributed by atoms with E-state index in [2.05, 4.69) is 15.3 Å². The van der Waals surface area contributed by atoms with Gasteiger partial charge < -0.3 is 5.32 Å². The van der Waals surface area contributed by atoms with E-state index < -0.39 is 0 Å². The molecule has 0 aliphatic carbocycles. The minimum absolute atomic E-state index is 0.718. The van der Waals surface area contributed by atoms with Crippen LogP contribution in [-0.4, -0.2) is 34.6 Å². The van der Waals surface area contributed by atoms with Gasteiger partial charge in [-0.1, -0.05) is 11.8 Å². The Balaban J connectivity index is 1.96. The third-order valence-electron chi connectivity index (χ3n) is 2.36. The van der Waals surface area contributed by atoms with E-state index in [-0.39, 0.29) is 0 Å². The zero-order valence-corrected chi connectivity index (χ0v) is 10.4. The summed E-state index contributed by atoms with van der Waals surface area (Å²) < 4.78 is 0. The molecule has 0 unspecified atom stereocenters. The van der Waals surface area contributed by atoms with Crippen molar-refractivity contribution >= 4 is 23.5 Å². The molecule has 1 aromatic rings. The zero-order chi connectivity index (χ0) is 10.5. The van der Waals surface area contributed by atoms with Crippen LogP contribution in [0.15, 0.2) is 22.4 Å². The third-order valence-corrected chi connectivity index (χ3v) is 4.20. The Morgan fingerprint density at radius 2 is 2.20 bits per heavy atom. The van der Waals surface area contributed by atoms with Crippen LogP contribution in [0, 0.1) is 0 Å².